The van der Waals surface area contributed by atoms with Crippen LogP contribution >= 0.6 is 34.7 Å². The van der Waals surface area contributed by atoms with Crippen LogP contribution in [0.3, 0.4) is 0 Å². The van der Waals surface area contributed by atoms with E-state index in [1.807, 2.05) is 47.0 Å². The van der Waals surface area contributed by atoms with E-state index in [1.54, 1.807) is 36.0 Å². The van der Waals surface area contributed by atoms with Crippen LogP contribution < -0.4 is 9.77 Å². The first-order chi connectivity index (χ1) is 19.9. The van der Waals surface area contributed by atoms with Gasteiger partial charge in [0.05, 0.1) is 29.1 Å². The standard InChI is InChI=1S/C32H24ClFN2O3S2/c33-18-8-12-20(13-9-18)36-29(37)25-21-14-22(26(25)30(36)38)27-24(21)23(17-6-10-19(34)11-7-17)28-31(40-27)35(32(39)41-28)15-16-4-2-1-3-5-16/h1-13,21-27H,14-15H2/t21-,22-,23+,24-,25+,26+,27-/m1/s1. The van der Waals surface area contributed by atoms with Crippen LogP contribution in [-0.2, 0) is 16.1 Å². The number of hydrogen-bond acceptors (Lipinski definition) is 5. The van der Waals surface area contributed by atoms with Crippen molar-refractivity contribution in [3.8, 4) is 0 Å². The first-order valence-corrected chi connectivity index (χ1v) is 15.8. The van der Waals surface area contributed by atoms with Crippen LogP contribution in [0, 0.1) is 35.4 Å². The second kappa shape index (κ2) is 9.41. The number of halogens is 2. The molecule has 2 aliphatic heterocycles. The third-order valence-corrected chi connectivity index (χ3v) is 12.5. The van der Waals surface area contributed by atoms with Crippen molar-refractivity contribution in [2.75, 3.05) is 4.90 Å². The second-order valence-electron chi connectivity index (χ2n) is 11.4. The minimum atomic E-state index is -0.391. The molecule has 9 heteroatoms. The molecule has 41 heavy (non-hydrogen) atoms. The van der Waals surface area contributed by atoms with Gasteiger partial charge in [-0.05, 0) is 71.7 Å². The molecular weight excluding hydrogens is 579 g/mol. The zero-order chi connectivity index (χ0) is 28.0. The van der Waals surface area contributed by atoms with Gasteiger partial charge in [0.1, 0.15) is 5.82 Å². The Morgan fingerprint density at radius 3 is 2.24 bits per heavy atom. The molecule has 1 saturated heterocycles. The normalized spacial score (nSPS) is 29.5. The number of carbonyl (C=O) groups excluding carboxylic acids is 2. The number of thioether (sulfide) groups is 1. The molecule has 7 atom stereocenters. The third kappa shape index (κ3) is 3.76. The molecule has 3 fully saturated rings. The maximum Gasteiger partial charge on any atom is 0.308 e. The Balaban J connectivity index is 1.23. The number of benzene rings is 3. The van der Waals surface area contributed by atoms with Crippen molar-refractivity contribution in [3.05, 3.63) is 115 Å². The van der Waals surface area contributed by atoms with Gasteiger partial charge in [-0.3, -0.25) is 23.9 Å². The van der Waals surface area contributed by atoms with Crippen LogP contribution in [0.15, 0.2) is 88.7 Å². The average molecular weight is 603 g/mol. The molecule has 2 bridgehead atoms. The van der Waals surface area contributed by atoms with Crippen LogP contribution in [0.4, 0.5) is 10.1 Å². The SMILES string of the molecule is O=C1[C@H]2[C@H]3C[C@@H]([C@@H]2C(=O)N1c1ccc(Cl)cc1)[C@@H]1[C@H](c2ccc(F)cc2)c2sc(=O)n(Cc4ccccc4)c2S[C@H]31. The third-order valence-electron chi connectivity index (χ3n) is 9.45. The average Bonchev–Trinajstić information content (AvgIpc) is 3.69. The lowest BCUT2D eigenvalue weighted by Gasteiger charge is -2.43. The van der Waals surface area contributed by atoms with Crippen molar-refractivity contribution in [1.82, 2.24) is 4.57 Å². The molecule has 4 aliphatic rings. The number of aromatic nitrogens is 1. The van der Waals surface area contributed by atoms with Crippen LogP contribution in [0.25, 0.3) is 0 Å². The number of carbonyl (C=O) groups is 2. The van der Waals surface area contributed by atoms with E-state index < -0.39 is 5.92 Å². The van der Waals surface area contributed by atoms with Crippen LogP contribution in [-0.4, -0.2) is 21.6 Å². The molecular formula is C32H24ClFN2O3S2. The number of amides is 2. The van der Waals surface area contributed by atoms with Gasteiger partial charge in [-0.1, -0.05) is 65.4 Å². The van der Waals surface area contributed by atoms with E-state index in [-0.39, 0.29) is 57.3 Å². The summed E-state index contributed by atoms with van der Waals surface area (Å²) >= 11 is 9.05. The highest BCUT2D eigenvalue weighted by Gasteiger charge is 2.69. The highest BCUT2D eigenvalue weighted by atomic mass is 35.5. The molecule has 2 aliphatic carbocycles. The number of fused-ring (bicyclic) bond motifs is 9. The topological polar surface area (TPSA) is 59.4 Å². The fraction of sp³-hybridized carbons (Fsp3) is 0.281. The summed E-state index contributed by atoms with van der Waals surface area (Å²) in [6, 6.07) is 23.3. The van der Waals surface area contributed by atoms with Crippen LogP contribution in [0.5, 0.6) is 0 Å². The predicted molar refractivity (Wildman–Crippen MR) is 158 cm³/mol. The number of rotatable bonds is 4. The minimum Gasteiger partial charge on any atom is -0.289 e. The van der Waals surface area contributed by atoms with Crippen molar-refractivity contribution < 1.29 is 14.0 Å². The lowest BCUT2D eigenvalue weighted by molar-refractivity contribution is -0.123. The monoisotopic (exact) mass is 602 g/mol. The minimum absolute atomic E-state index is 0.000714. The molecule has 3 aromatic carbocycles. The molecule has 4 aromatic rings. The Bertz CT molecular complexity index is 1750. The highest BCUT2D eigenvalue weighted by molar-refractivity contribution is 8.00. The number of nitrogens with zero attached hydrogens (tertiary/aromatic N) is 2. The Morgan fingerprint density at radius 2 is 1.54 bits per heavy atom. The van der Waals surface area contributed by atoms with Gasteiger partial charge in [0.2, 0.25) is 11.8 Å². The summed E-state index contributed by atoms with van der Waals surface area (Å²) < 4.78 is 15.9. The van der Waals surface area contributed by atoms with E-state index in [1.165, 1.54) is 28.4 Å². The quantitative estimate of drug-likeness (QED) is 0.253. The van der Waals surface area contributed by atoms with Gasteiger partial charge in [0.25, 0.3) is 0 Å². The molecule has 0 N–H and O–H groups in total. The molecule has 206 valence electrons. The maximum atomic E-state index is 14.0. The number of thiazole rings is 1. The van der Waals surface area contributed by atoms with Crippen molar-refractivity contribution in [2.24, 2.45) is 29.6 Å². The molecule has 5 nitrogen and oxygen atoms in total. The van der Waals surface area contributed by atoms with E-state index in [0.29, 0.717) is 17.3 Å². The van der Waals surface area contributed by atoms with Gasteiger partial charge in [-0.15, -0.1) is 11.8 Å². The summed E-state index contributed by atoms with van der Waals surface area (Å²) in [4.78, 5) is 43.5. The van der Waals surface area contributed by atoms with Gasteiger partial charge in [-0.2, -0.15) is 0 Å². The maximum absolute atomic E-state index is 14.0. The van der Waals surface area contributed by atoms with Gasteiger partial charge < -0.3 is 0 Å². The van der Waals surface area contributed by atoms with Crippen molar-refractivity contribution in [1.29, 1.82) is 0 Å². The molecule has 0 radical (unpaired) electrons. The zero-order valence-corrected chi connectivity index (χ0v) is 24.0. The fourth-order valence-corrected chi connectivity index (χ4v) is 11.2. The Labute approximate surface area is 249 Å². The lowest BCUT2D eigenvalue weighted by atomic mass is 9.68. The first-order valence-electron chi connectivity index (χ1n) is 13.7. The van der Waals surface area contributed by atoms with E-state index in [9.17, 15) is 18.8 Å². The highest BCUT2D eigenvalue weighted by Crippen LogP contribution is 2.69. The Hall–Kier alpha value is -3.20. The summed E-state index contributed by atoms with van der Waals surface area (Å²) in [6.45, 7) is 0.466. The first kappa shape index (κ1) is 25.5. The van der Waals surface area contributed by atoms with Crippen molar-refractivity contribution in [2.45, 2.75) is 29.2 Å². The summed E-state index contributed by atoms with van der Waals surface area (Å²) in [5, 5.41) is 1.56. The summed E-state index contributed by atoms with van der Waals surface area (Å²) in [7, 11) is 0. The number of hydrogen-bond donors (Lipinski definition) is 0. The van der Waals surface area contributed by atoms with Crippen LogP contribution in [0.2, 0.25) is 5.02 Å². The molecule has 2 amide bonds. The van der Waals surface area contributed by atoms with E-state index >= 15 is 0 Å². The van der Waals surface area contributed by atoms with Crippen molar-refractivity contribution >= 4 is 52.2 Å². The van der Waals surface area contributed by atoms with E-state index in [0.717, 1.165) is 27.5 Å². The molecule has 3 heterocycles. The number of anilines is 1. The van der Waals surface area contributed by atoms with Gasteiger partial charge in [0.15, 0.2) is 0 Å². The summed E-state index contributed by atoms with van der Waals surface area (Å²) in [5.74, 6) is -1.41. The molecule has 2 saturated carbocycles. The molecule has 0 spiro atoms. The predicted octanol–water partition coefficient (Wildman–Crippen LogP) is 6.43. The van der Waals surface area contributed by atoms with Gasteiger partial charge >= 0.3 is 4.87 Å². The molecule has 1 aromatic heterocycles. The molecule has 8 rings (SSSR count). The smallest absolute Gasteiger partial charge is 0.289 e. The van der Waals surface area contributed by atoms with E-state index in [2.05, 4.69) is 0 Å². The summed E-state index contributed by atoms with van der Waals surface area (Å²) in [6.07, 6.45) is 0.805. The lowest BCUT2D eigenvalue weighted by Crippen LogP contribution is -2.43. The number of imide groups is 1. The second-order valence-corrected chi connectivity index (χ2v) is 14.0. The van der Waals surface area contributed by atoms with E-state index in [4.69, 9.17) is 11.6 Å². The van der Waals surface area contributed by atoms with Crippen LogP contribution in [0.1, 0.15) is 28.3 Å². The Kier molecular flexibility index (Phi) is 5.85. The summed E-state index contributed by atoms with van der Waals surface area (Å²) in [5.41, 5.74) is 2.55. The largest absolute Gasteiger partial charge is 0.308 e. The van der Waals surface area contributed by atoms with Gasteiger partial charge in [0, 0.05) is 21.1 Å². The zero-order valence-electron chi connectivity index (χ0n) is 21.7. The van der Waals surface area contributed by atoms with Gasteiger partial charge in [-0.25, -0.2) is 4.39 Å². The van der Waals surface area contributed by atoms with Crippen molar-refractivity contribution in [3.63, 3.8) is 0 Å². The fourth-order valence-electron chi connectivity index (χ4n) is 7.91. The molecule has 0 unspecified atom stereocenters. The Morgan fingerprint density at radius 1 is 0.854 bits per heavy atom.